The van der Waals surface area contributed by atoms with Crippen molar-refractivity contribution in [3.8, 4) is 0 Å². The van der Waals surface area contributed by atoms with Crippen LogP contribution in [0, 0.1) is 0 Å². The standard InChI is InChI=1S/C18H20N2O3S2/c19-18(21)12-24-17-8-4-3-7-16(17)20-25(22,23)15-10-9-13-5-1-2-6-14(13)11-15/h3-4,7-11,20H,1-2,5-6,12H2,(H2,19,21). The quantitative estimate of drug-likeness (QED) is 0.759. The van der Waals surface area contributed by atoms with Crippen LogP contribution in [0.25, 0.3) is 0 Å². The second-order valence-corrected chi connectivity index (χ2v) is 8.69. The van der Waals surface area contributed by atoms with E-state index in [9.17, 15) is 13.2 Å². The summed E-state index contributed by atoms with van der Waals surface area (Å²) in [4.78, 5) is 11.9. The monoisotopic (exact) mass is 376 g/mol. The van der Waals surface area contributed by atoms with Gasteiger partial charge >= 0.3 is 0 Å². The van der Waals surface area contributed by atoms with Crippen molar-refractivity contribution in [1.82, 2.24) is 0 Å². The molecule has 7 heteroatoms. The maximum atomic E-state index is 12.8. The van der Waals surface area contributed by atoms with Gasteiger partial charge in [0.05, 0.1) is 16.3 Å². The third-order valence-corrected chi connectivity index (χ3v) is 6.59. The lowest BCUT2D eigenvalue weighted by atomic mass is 9.92. The molecule has 2 aromatic carbocycles. The Morgan fingerprint density at radius 1 is 1.08 bits per heavy atom. The van der Waals surface area contributed by atoms with Crippen LogP contribution in [-0.2, 0) is 27.7 Å². The molecule has 3 N–H and O–H groups in total. The van der Waals surface area contributed by atoms with Gasteiger partial charge in [-0.25, -0.2) is 8.42 Å². The lowest BCUT2D eigenvalue weighted by Gasteiger charge is -2.17. The maximum Gasteiger partial charge on any atom is 0.261 e. The van der Waals surface area contributed by atoms with Gasteiger partial charge < -0.3 is 5.73 Å². The molecule has 0 unspecified atom stereocenters. The molecule has 25 heavy (non-hydrogen) atoms. The molecule has 3 rings (SSSR count). The van der Waals surface area contributed by atoms with Crippen molar-refractivity contribution >= 4 is 33.4 Å². The van der Waals surface area contributed by atoms with Gasteiger partial charge in [-0.15, -0.1) is 11.8 Å². The van der Waals surface area contributed by atoms with Gasteiger partial charge in [-0.1, -0.05) is 18.2 Å². The van der Waals surface area contributed by atoms with Gasteiger partial charge in [-0.2, -0.15) is 0 Å². The Hall–Kier alpha value is -1.99. The number of carbonyl (C=O) groups excluding carboxylic acids is 1. The molecular formula is C18H20N2O3S2. The molecule has 2 aromatic rings. The van der Waals surface area contributed by atoms with E-state index in [1.807, 2.05) is 6.07 Å². The molecule has 1 aliphatic rings. The van der Waals surface area contributed by atoms with Crippen LogP contribution in [0.1, 0.15) is 24.0 Å². The van der Waals surface area contributed by atoms with Crippen molar-refractivity contribution in [3.63, 3.8) is 0 Å². The van der Waals surface area contributed by atoms with Gasteiger partial charge in [0, 0.05) is 4.90 Å². The summed E-state index contributed by atoms with van der Waals surface area (Å²) in [5, 5.41) is 0. The van der Waals surface area contributed by atoms with Crippen LogP contribution in [0.15, 0.2) is 52.3 Å². The highest BCUT2D eigenvalue weighted by Gasteiger charge is 2.19. The number of benzene rings is 2. The lowest BCUT2D eigenvalue weighted by Crippen LogP contribution is -2.16. The summed E-state index contributed by atoms with van der Waals surface area (Å²) >= 11 is 1.21. The van der Waals surface area contributed by atoms with Crippen molar-refractivity contribution < 1.29 is 13.2 Å². The van der Waals surface area contributed by atoms with Crippen molar-refractivity contribution in [2.45, 2.75) is 35.5 Å². The molecule has 1 amide bonds. The number of nitrogens with one attached hydrogen (secondary N) is 1. The van der Waals surface area contributed by atoms with Crippen LogP contribution < -0.4 is 10.5 Å². The van der Waals surface area contributed by atoms with Crippen molar-refractivity contribution in [3.05, 3.63) is 53.6 Å². The van der Waals surface area contributed by atoms with Crippen molar-refractivity contribution in [2.24, 2.45) is 5.73 Å². The molecule has 0 bridgehead atoms. The fraction of sp³-hybridized carbons (Fsp3) is 0.278. The van der Waals surface area contributed by atoms with Gasteiger partial charge in [0.25, 0.3) is 10.0 Å². The molecule has 0 atom stereocenters. The maximum absolute atomic E-state index is 12.8. The first-order valence-electron chi connectivity index (χ1n) is 8.10. The second kappa shape index (κ2) is 7.49. The molecule has 132 valence electrons. The van der Waals surface area contributed by atoms with E-state index in [0.717, 1.165) is 31.2 Å². The molecule has 0 aromatic heterocycles. The lowest BCUT2D eigenvalue weighted by molar-refractivity contribution is -0.115. The zero-order valence-electron chi connectivity index (χ0n) is 13.7. The summed E-state index contributed by atoms with van der Waals surface area (Å²) in [5.41, 5.74) is 7.98. The van der Waals surface area contributed by atoms with Crippen LogP contribution >= 0.6 is 11.8 Å². The minimum atomic E-state index is -3.69. The highest BCUT2D eigenvalue weighted by molar-refractivity contribution is 8.00. The van der Waals surface area contributed by atoms with E-state index in [0.29, 0.717) is 10.6 Å². The molecule has 0 fully saturated rings. The largest absolute Gasteiger partial charge is 0.369 e. The van der Waals surface area contributed by atoms with Crippen molar-refractivity contribution in [1.29, 1.82) is 0 Å². The number of para-hydroxylation sites is 1. The number of rotatable bonds is 6. The van der Waals surface area contributed by atoms with Crippen LogP contribution in [0.5, 0.6) is 0 Å². The average molecular weight is 377 g/mol. The third kappa shape index (κ3) is 4.35. The summed E-state index contributed by atoms with van der Waals surface area (Å²) in [6.07, 6.45) is 4.18. The number of aryl methyl sites for hydroxylation is 2. The van der Waals surface area contributed by atoms with Gasteiger partial charge in [-0.3, -0.25) is 9.52 Å². The fourth-order valence-electron chi connectivity index (χ4n) is 2.91. The Bertz CT molecular complexity index is 895. The first-order chi connectivity index (χ1) is 12.0. The molecule has 0 spiro atoms. The van der Waals surface area contributed by atoms with E-state index < -0.39 is 15.9 Å². The highest BCUT2D eigenvalue weighted by atomic mass is 32.2. The SMILES string of the molecule is NC(=O)CSc1ccccc1NS(=O)(=O)c1ccc2c(c1)CCCC2. The Morgan fingerprint density at radius 2 is 1.80 bits per heavy atom. The van der Waals surface area contributed by atoms with Gasteiger partial charge in [0.15, 0.2) is 0 Å². The van der Waals surface area contributed by atoms with E-state index >= 15 is 0 Å². The first kappa shape index (κ1) is 17.8. The summed E-state index contributed by atoms with van der Waals surface area (Å²) in [6, 6.07) is 12.3. The van der Waals surface area contributed by atoms with Crippen LogP contribution in [0.2, 0.25) is 0 Å². The smallest absolute Gasteiger partial charge is 0.261 e. The molecule has 0 heterocycles. The number of carbonyl (C=O) groups is 1. The summed E-state index contributed by atoms with van der Waals surface area (Å²) in [5.74, 6) is -0.352. The predicted octanol–water partition coefficient (Wildman–Crippen LogP) is 2.94. The summed E-state index contributed by atoms with van der Waals surface area (Å²) < 4.78 is 28.2. The predicted molar refractivity (Wildman–Crippen MR) is 100 cm³/mol. The zero-order chi connectivity index (χ0) is 17.9. The van der Waals surface area contributed by atoms with Gasteiger partial charge in [0.2, 0.25) is 5.91 Å². The van der Waals surface area contributed by atoms with E-state index in [1.54, 1.807) is 36.4 Å². The third-order valence-electron chi connectivity index (χ3n) is 4.13. The van der Waals surface area contributed by atoms with Crippen LogP contribution in [0.4, 0.5) is 5.69 Å². The second-order valence-electron chi connectivity index (χ2n) is 5.99. The topological polar surface area (TPSA) is 89.3 Å². The number of sulfonamides is 1. The highest BCUT2D eigenvalue weighted by Crippen LogP contribution is 2.30. The molecule has 0 saturated heterocycles. The van der Waals surface area contributed by atoms with E-state index in [1.165, 1.54) is 17.3 Å². The van der Waals surface area contributed by atoms with Crippen LogP contribution in [-0.4, -0.2) is 20.1 Å². The number of hydrogen-bond donors (Lipinski definition) is 2. The zero-order valence-corrected chi connectivity index (χ0v) is 15.3. The van der Waals surface area contributed by atoms with Gasteiger partial charge in [-0.05, 0) is 61.1 Å². The number of anilines is 1. The van der Waals surface area contributed by atoms with E-state index in [2.05, 4.69) is 4.72 Å². The number of amides is 1. The number of primary amides is 1. The number of thioether (sulfide) groups is 1. The molecule has 5 nitrogen and oxygen atoms in total. The minimum absolute atomic E-state index is 0.0948. The minimum Gasteiger partial charge on any atom is -0.369 e. The average Bonchev–Trinajstić information content (AvgIpc) is 2.60. The molecular weight excluding hydrogens is 356 g/mol. The Morgan fingerprint density at radius 3 is 2.56 bits per heavy atom. The number of hydrogen-bond acceptors (Lipinski definition) is 4. The Labute approximate surface area is 152 Å². The van der Waals surface area contributed by atoms with E-state index in [-0.39, 0.29) is 10.6 Å². The first-order valence-corrected chi connectivity index (χ1v) is 10.6. The van der Waals surface area contributed by atoms with E-state index in [4.69, 9.17) is 5.73 Å². The van der Waals surface area contributed by atoms with Crippen molar-refractivity contribution in [2.75, 3.05) is 10.5 Å². The Balaban J connectivity index is 1.86. The summed E-state index contributed by atoms with van der Waals surface area (Å²) in [6.45, 7) is 0. The fourth-order valence-corrected chi connectivity index (χ4v) is 4.85. The molecule has 0 saturated carbocycles. The molecule has 1 aliphatic carbocycles. The summed E-state index contributed by atoms with van der Waals surface area (Å²) in [7, 11) is -3.69. The Kier molecular flexibility index (Phi) is 5.34. The molecule has 0 radical (unpaired) electrons. The molecule has 0 aliphatic heterocycles. The van der Waals surface area contributed by atoms with Gasteiger partial charge in [0.1, 0.15) is 0 Å². The van der Waals surface area contributed by atoms with Crippen LogP contribution in [0.3, 0.4) is 0 Å². The number of nitrogens with two attached hydrogens (primary N) is 1. The number of fused-ring (bicyclic) bond motifs is 1. The normalized spacial score (nSPS) is 13.9.